The molecule has 3 atom stereocenters. The normalized spacial score (nSPS) is 12.8. The van der Waals surface area contributed by atoms with Gasteiger partial charge in [0.25, 0.3) is 0 Å². The summed E-state index contributed by atoms with van der Waals surface area (Å²) < 4.78 is 0. The molecule has 0 aliphatic heterocycles. The Morgan fingerprint density at radius 3 is 2.18 bits per heavy atom. The molecular formula is C18H35N11O5. The molecule has 0 spiro atoms. The van der Waals surface area contributed by atoms with Crippen LogP contribution in [0, 0.1) is 0 Å². The van der Waals surface area contributed by atoms with Crippen LogP contribution in [-0.4, -0.2) is 72.5 Å². The third-order valence-corrected chi connectivity index (χ3v) is 4.55. The molecule has 0 unspecified atom stereocenters. The van der Waals surface area contributed by atoms with Gasteiger partial charge in [0.1, 0.15) is 18.1 Å². The summed E-state index contributed by atoms with van der Waals surface area (Å²) in [5, 5.41) is 20.0. The SMILES string of the molecule is C[C@H](NC(=O)CN)C(=O)N[C@@H](CCCCN=C(N)N)C(=O)N[C@@H](CCCCNN=[N+]=[N-])C(=O)O. The first-order chi connectivity index (χ1) is 16.1. The highest BCUT2D eigenvalue weighted by molar-refractivity contribution is 5.93. The molecule has 0 fully saturated rings. The standard InChI is InChI=1S/C18H35N11O5/c1-11(25-14(30)10-19)15(31)26-12(6-2-4-8-23-18(20)21)16(32)27-13(17(33)34)7-3-5-9-24-29-28-22/h11-13,24H,2-10,19H2,1H3,(H,25,30)(H,26,31)(H,27,32)(H,33,34)(H4,20,21,23)/t11-,12-,13-/m0/s1. The Kier molecular flexibility index (Phi) is 15.8. The number of nitrogens with zero attached hydrogens (tertiary/aromatic N) is 4. The number of hydrogen-bond acceptors (Lipinski definition) is 7. The van der Waals surface area contributed by atoms with Crippen LogP contribution < -0.4 is 38.6 Å². The van der Waals surface area contributed by atoms with Crippen molar-refractivity contribution in [2.24, 2.45) is 27.4 Å². The van der Waals surface area contributed by atoms with E-state index in [2.05, 4.69) is 36.5 Å². The van der Waals surface area contributed by atoms with Gasteiger partial charge in [-0.3, -0.25) is 24.8 Å². The van der Waals surface area contributed by atoms with E-state index in [1.165, 1.54) is 6.92 Å². The molecule has 0 radical (unpaired) electrons. The van der Waals surface area contributed by atoms with Crippen LogP contribution in [0.3, 0.4) is 0 Å². The second kappa shape index (κ2) is 17.7. The van der Waals surface area contributed by atoms with E-state index < -0.39 is 41.8 Å². The van der Waals surface area contributed by atoms with Crippen molar-refractivity contribution in [3.8, 4) is 0 Å². The van der Waals surface area contributed by atoms with Crippen molar-refractivity contribution in [3.63, 3.8) is 0 Å². The van der Waals surface area contributed by atoms with Gasteiger partial charge in [0.05, 0.1) is 13.1 Å². The molecule has 192 valence electrons. The van der Waals surface area contributed by atoms with E-state index in [1.54, 1.807) is 0 Å². The predicted molar refractivity (Wildman–Crippen MR) is 124 cm³/mol. The van der Waals surface area contributed by atoms with Crippen molar-refractivity contribution >= 4 is 29.7 Å². The Balaban J connectivity index is 5.07. The minimum Gasteiger partial charge on any atom is -0.480 e. The van der Waals surface area contributed by atoms with Gasteiger partial charge in [0, 0.05) is 6.54 Å². The van der Waals surface area contributed by atoms with Crippen molar-refractivity contribution < 1.29 is 24.3 Å². The Bertz CT molecular complexity index is 751. The van der Waals surface area contributed by atoms with E-state index in [1.807, 2.05) is 0 Å². The topological polar surface area (TPSA) is 276 Å². The zero-order valence-corrected chi connectivity index (χ0v) is 19.2. The minimum atomic E-state index is -1.22. The lowest BCUT2D eigenvalue weighted by atomic mass is 10.1. The number of unbranched alkanes of at least 4 members (excludes halogenated alkanes) is 2. The third-order valence-electron chi connectivity index (χ3n) is 4.55. The van der Waals surface area contributed by atoms with Gasteiger partial charge >= 0.3 is 5.97 Å². The largest absolute Gasteiger partial charge is 0.480 e. The molecule has 0 aromatic heterocycles. The van der Waals surface area contributed by atoms with Crippen LogP contribution in [0.4, 0.5) is 0 Å². The molecule has 0 saturated heterocycles. The quantitative estimate of drug-likeness (QED) is 0.0201. The fraction of sp³-hybridized carbons (Fsp3) is 0.722. The van der Waals surface area contributed by atoms with E-state index in [0.717, 1.165) is 0 Å². The second-order valence-corrected chi connectivity index (χ2v) is 7.35. The maximum Gasteiger partial charge on any atom is 0.326 e. The summed E-state index contributed by atoms with van der Waals surface area (Å²) in [6, 6.07) is -3.17. The van der Waals surface area contributed by atoms with Crippen molar-refractivity contribution in [1.29, 1.82) is 0 Å². The molecule has 0 aromatic rings. The number of carboxylic acids is 1. The van der Waals surface area contributed by atoms with Crippen molar-refractivity contribution in [2.75, 3.05) is 19.6 Å². The Morgan fingerprint density at radius 1 is 0.971 bits per heavy atom. The van der Waals surface area contributed by atoms with E-state index in [-0.39, 0.29) is 25.3 Å². The highest BCUT2D eigenvalue weighted by Crippen LogP contribution is 2.06. The zero-order chi connectivity index (χ0) is 25.9. The van der Waals surface area contributed by atoms with Crippen molar-refractivity contribution in [2.45, 2.75) is 63.6 Å². The molecule has 0 aromatic carbocycles. The van der Waals surface area contributed by atoms with Crippen LogP contribution in [0.25, 0.3) is 10.4 Å². The Labute approximate surface area is 197 Å². The fourth-order valence-electron chi connectivity index (χ4n) is 2.76. The zero-order valence-electron chi connectivity index (χ0n) is 19.2. The number of carbonyl (C=O) groups is 4. The van der Waals surface area contributed by atoms with Gasteiger partial charge in [-0.1, -0.05) is 0 Å². The molecule has 16 nitrogen and oxygen atoms in total. The van der Waals surface area contributed by atoms with Gasteiger partial charge in [0.15, 0.2) is 5.96 Å². The number of rotatable bonds is 18. The number of nitrogens with one attached hydrogen (secondary N) is 4. The maximum absolute atomic E-state index is 12.8. The number of carbonyl (C=O) groups excluding carboxylic acids is 3. The van der Waals surface area contributed by atoms with E-state index >= 15 is 0 Å². The van der Waals surface area contributed by atoms with Crippen LogP contribution >= 0.6 is 0 Å². The molecule has 0 rings (SSSR count). The summed E-state index contributed by atoms with van der Waals surface area (Å²) in [4.78, 5) is 54.7. The highest BCUT2D eigenvalue weighted by Gasteiger charge is 2.27. The number of carboxylic acid groups (broad SMARTS) is 1. The van der Waals surface area contributed by atoms with E-state index in [0.29, 0.717) is 38.8 Å². The minimum absolute atomic E-state index is 0.0639. The average Bonchev–Trinajstić information content (AvgIpc) is 2.78. The molecule has 16 heteroatoms. The number of aliphatic carboxylic acids is 1. The average molecular weight is 486 g/mol. The van der Waals surface area contributed by atoms with Gasteiger partial charge in [0.2, 0.25) is 17.7 Å². The maximum atomic E-state index is 12.8. The van der Waals surface area contributed by atoms with Crippen molar-refractivity contribution in [1.82, 2.24) is 21.4 Å². The van der Waals surface area contributed by atoms with Crippen LogP contribution in [0.5, 0.6) is 0 Å². The van der Waals surface area contributed by atoms with Gasteiger partial charge < -0.3 is 38.3 Å². The molecular weight excluding hydrogens is 450 g/mol. The molecule has 0 aliphatic rings. The number of aliphatic imine (C=N–C) groups is 1. The summed E-state index contributed by atoms with van der Waals surface area (Å²) in [5.41, 5.74) is 26.4. The molecule has 34 heavy (non-hydrogen) atoms. The molecule has 0 heterocycles. The molecule has 3 amide bonds. The summed E-state index contributed by atoms with van der Waals surface area (Å²) in [6.45, 7) is 1.81. The Hall–Kier alpha value is -3.78. The predicted octanol–water partition coefficient (Wildman–Crippen LogP) is -2.07. The first kappa shape index (κ1) is 30.2. The lowest BCUT2D eigenvalue weighted by Gasteiger charge is -2.23. The summed E-state index contributed by atoms with van der Waals surface area (Å²) >= 11 is 0. The molecule has 0 saturated carbocycles. The van der Waals surface area contributed by atoms with Gasteiger partial charge in [-0.25, -0.2) is 4.79 Å². The van der Waals surface area contributed by atoms with E-state index in [9.17, 15) is 24.3 Å². The van der Waals surface area contributed by atoms with Crippen LogP contribution in [-0.2, 0) is 19.2 Å². The summed E-state index contributed by atoms with van der Waals surface area (Å²) in [5.74, 6) is -3.13. The number of amides is 3. The summed E-state index contributed by atoms with van der Waals surface area (Å²) in [7, 11) is 0. The van der Waals surface area contributed by atoms with Gasteiger partial charge in [-0.05, 0) is 50.7 Å². The smallest absolute Gasteiger partial charge is 0.326 e. The lowest BCUT2D eigenvalue weighted by Crippen LogP contribution is -2.55. The van der Waals surface area contributed by atoms with Crippen molar-refractivity contribution in [3.05, 3.63) is 10.4 Å². The molecule has 0 aliphatic carbocycles. The van der Waals surface area contributed by atoms with Crippen LogP contribution in [0.2, 0.25) is 0 Å². The monoisotopic (exact) mass is 485 g/mol. The lowest BCUT2D eigenvalue weighted by molar-refractivity contribution is -0.142. The molecule has 11 N–H and O–H groups in total. The second-order valence-electron chi connectivity index (χ2n) is 7.35. The summed E-state index contributed by atoms with van der Waals surface area (Å²) in [6.07, 6.45) is 2.26. The Morgan fingerprint density at radius 2 is 1.59 bits per heavy atom. The van der Waals surface area contributed by atoms with Gasteiger partial charge in [-0.2, -0.15) is 4.91 Å². The van der Waals surface area contributed by atoms with Crippen LogP contribution in [0.15, 0.2) is 10.2 Å². The number of hydrogen-bond donors (Lipinski definition) is 8. The van der Waals surface area contributed by atoms with Crippen LogP contribution in [0.1, 0.15) is 45.4 Å². The third kappa shape index (κ3) is 14.3. The first-order valence-electron chi connectivity index (χ1n) is 10.8. The molecule has 0 bridgehead atoms. The first-order valence-corrected chi connectivity index (χ1v) is 10.8. The number of guanidine groups is 1. The highest BCUT2D eigenvalue weighted by atomic mass is 16.4. The number of nitrogens with two attached hydrogens (primary N) is 3. The van der Waals surface area contributed by atoms with E-state index in [4.69, 9.17) is 22.7 Å². The van der Waals surface area contributed by atoms with Gasteiger partial charge in [-0.15, -0.1) is 5.53 Å². The fourth-order valence-corrected chi connectivity index (χ4v) is 2.76. The number of azide groups is 1.